The van der Waals surface area contributed by atoms with Crippen LogP contribution in [0.4, 0.5) is 5.69 Å². The summed E-state index contributed by atoms with van der Waals surface area (Å²) in [5.74, 6) is 0. The topological polar surface area (TPSA) is 52.0 Å². The molecule has 0 amide bonds. The molecule has 0 aliphatic heterocycles. The van der Waals surface area contributed by atoms with Gasteiger partial charge in [-0.05, 0) is 35.4 Å². The van der Waals surface area contributed by atoms with Gasteiger partial charge < -0.3 is 10.1 Å². The van der Waals surface area contributed by atoms with Crippen LogP contribution in [0, 0.1) is 0 Å². The van der Waals surface area contributed by atoms with Crippen LogP contribution in [0.5, 0.6) is 0 Å². The van der Waals surface area contributed by atoms with Gasteiger partial charge >= 0.3 is 0 Å². The minimum atomic E-state index is 0.650. The van der Waals surface area contributed by atoms with Gasteiger partial charge in [-0.1, -0.05) is 29.5 Å². The average molecular weight is 294 g/mol. The fourth-order valence-electron chi connectivity index (χ4n) is 2.20. The van der Waals surface area contributed by atoms with E-state index < -0.39 is 0 Å². The second-order valence-corrected chi connectivity index (χ2v) is 5.00. The largest absolute Gasteiger partial charge is 0.381 e. The molecule has 0 fully saturated rings. The highest BCUT2D eigenvalue weighted by atomic mass is 16.5. The number of hydrogen-bond acceptors (Lipinski definition) is 4. The van der Waals surface area contributed by atoms with Crippen LogP contribution in [0.3, 0.4) is 0 Å². The van der Waals surface area contributed by atoms with Crippen molar-refractivity contribution in [2.45, 2.75) is 13.2 Å². The first-order chi connectivity index (χ1) is 10.8. The number of nitrogens with one attached hydrogen (secondary N) is 1. The van der Waals surface area contributed by atoms with Crippen molar-refractivity contribution in [1.82, 2.24) is 15.0 Å². The lowest BCUT2D eigenvalue weighted by atomic mass is 10.1. The van der Waals surface area contributed by atoms with Crippen LogP contribution in [0.15, 0.2) is 60.9 Å². The van der Waals surface area contributed by atoms with Gasteiger partial charge in [0.25, 0.3) is 0 Å². The second-order valence-electron chi connectivity index (χ2n) is 5.00. The molecular weight excluding hydrogens is 276 g/mol. The van der Waals surface area contributed by atoms with Crippen molar-refractivity contribution in [2.75, 3.05) is 12.4 Å². The first-order valence-corrected chi connectivity index (χ1v) is 7.12. The van der Waals surface area contributed by atoms with Gasteiger partial charge in [-0.2, -0.15) is 0 Å². The lowest BCUT2D eigenvalue weighted by Gasteiger charge is -2.08. The molecule has 3 rings (SSSR count). The van der Waals surface area contributed by atoms with Crippen LogP contribution in [0.2, 0.25) is 0 Å². The molecule has 0 atom stereocenters. The summed E-state index contributed by atoms with van der Waals surface area (Å²) in [7, 11) is 1.71. The van der Waals surface area contributed by atoms with Crippen molar-refractivity contribution in [2.24, 2.45) is 0 Å². The molecule has 0 aliphatic carbocycles. The lowest BCUT2D eigenvalue weighted by Crippen LogP contribution is -2.00. The SMILES string of the molecule is COCc1ccc(CNc2ccc(-n3ccnn3)cc2)cc1. The Balaban J connectivity index is 1.59. The Morgan fingerprint density at radius 1 is 1.00 bits per heavy atom. The number of nitrogens with zero attached hydrogens (tertiary/aromatic N) is 3. The zero-order valence-corrected chi connectivity index (χ0v) is 12.4. The fraction of sp³-hybridized carbons (Fsp3) is 0.176. The standard InChI is InChI=1S/C17H18N4O/c1-22-13-15-4-2-14(3-5-15)12-18-16-6-8-17(9-7-16)21-11-10-19-20-21/h2-11,18H,12-13H2,1H3. The van der Waals surface area contributed by atoms with Crippen LogP contribution >= 0.6 is 0 Å². The number of rotatable bonds is 6. The minimum Gasteiger partial charge on any atom is -0.381 e. The maximum atomic E-state index is 5.11. The van der Waals surface area contributed by atoms with Crippen LogP contribution in [0.1, 0.15) is 11.1 Å². The first-order valence-electron chi connectivity index (χ1n) is 7.12. The van der Waals surface area contributed by atoms with Gasteiger partial charge in [0.05, 0.1) is 24.7 Å². The summed E-state index contributed by atoms with van der Waals surface area (Å²) in [6, 6.07) is 16.5. The summed E-state index contributed by atoms with van der Waals surface area (Å²) in [5.41, 5.74) is 4.49. The maximum Gasteiger partial charge on any atom is 0.0713 e. The molecule has 22 heavy (non-hydrogen) atoms. The molecule has 0 radical (unpaired) electrons. The van der Waals surface area contributed by atoms with Crippen molar-refractivity contribution >= 4 is 5.69 Å². The van der Waals surface area contributed by atoms with E-state index in [1.54, 1.807) is 18.0 Å². The molecular formula is C17H18N4O. The quantitative estimate of drug-likeness (QED) is 0.759. The van der Waals surface area contributed by atoms with E-state index in [1.165, 1.54) is 11.1 Å². The number of hydrogen-bond donors (Lipinski definition) is 1. The number of benzene rings is 2. The molecule has 2 aromatic carbocycles. The van der Waals surface area contributed by atoms with Gasteiger partial charge in [0.1, 0.15) is 0 Å². The van der Waals surface area contributed by atoms with E-state index in [9.17, 15) is 0 Å². The first kappa shape index (κ1) is 14.3. The summed E-state index contributed by atoms with van der Waals surface area (Å²) in [4.78, 5) is 0. The van der Waals surface area contributed by atoms with E-state index in [2.05, 4.69) is 39.9 Å². The molecule has 5 heteroatoms. The van der Waals surface area contributed by atoms with Gasteiger partial charge in [-0.15, -0.1) is 5.10 Å². The summed E-state index contributed by atoms with van der Waals surface area (Å²) in [6.45, 7) is 1.44. The van der Waals surface area contributed by atoms with Gasteiger partial charge in [0.15, 0.2) is 0 Å². The highest BCUT2D eigenvalue weighted by Gasteiger charge is 1.99. The van der Waals surface area contributed by atoms with E-state index in [0.717, 1.165) is 17.9 Å². The summed E-state index contributed by atoms with van der Waals surface area (Å²) in [6.07, 6.45) is 3.49. The zero-order chi connectivity index (χ0) is 15.2. The predicted molar refractivity (Wildman–Crippen MR) is 85.8 cm³/mol. The predicted octanol–water partition coefficient (Wildman–Crippen LogP) is 3.03. The van der Waals surface area contributed by atoms with Gasteiger partial charge in [-0.25, -0.2) is 4.68 Å². The number of ether oxygens (including phenoxy) is 1. The fourth-order valence-corrected chi connectivity index (χ4v) is 2.20. The molecule has 0 bridgehead atoms. The average Bonchev–Trinajstić information content (AvgIpc) is 3.09. The van der Waals surface area contributed by atoms with E-state index >= 15 is 0 Å². The molecule has 0 saturated carbocycles. The summed E-state index contributed by atoms with van der Waals surface area (Å²) >= 11 is 0. The smallest absolute Gasteiger partial charge is 0.0713 e. The van der Waals surface area contributed by atoms with Crippen molar-refractivity contribution in [1.29, 1.82) is 0 Å². The lowest BCUT2D eigenvalue weighted by molar-refractivity contribution is 0.185. The Labute approximate surface area is 129 Å². The molecule has 0 unspecified atom stereocenters. The number of aromatic nitrogens is 3. The molecule has 3 aromatic rings. The zero-order valence-electron chi connectivity index (χ0n) is 12.4. The Morgan fingerprint density at radius 2 is 1.73 bits per heavy atom. The van der Waals surface area contributed by atoms with E-state index in [-0.39, 0.29) is 0 Å². The molecule has 112 valence electrons. The van der Waals surface area contributed by atoms with Crippen molar-refractivity contribution < 1.29 is 4.74 Å². The van der Waals surface area contributed by atoms with E-state index in [1.807, 2.05) is 30.5 Å². The van der Waals surface area contributed by atoms with E-state index in [0.29, 0.717) is 6.61 Å². The Hall–Kier alpha value is -2.66. The molecule has 5 nitrogen and oxygen atoms in total. The molecule has 0 saturated heterocycles. The Morgan fingerprint density at radius 3 is 2.36 bits per heavy atom. The van der Waals surface area contributed by atoms with Crippen LogP contribution < -0.4 is 5.32 Å². The van der Waals surface area contributed by atoms with E-state index in [4.69, 9.17) is 4.74 Å². The number of methoxy groups -OCH3 is 1. The number of anilines is 1. The van der Waals surface area contributed by atoms with Crippen molar-refractivity contribution in [3.05, 3.63) is 72.1 Å². The third kappa shape index (κ3) is 3.51. The normalized spacial score (nSPS) is 10.6. The highest BCUT2D eigenvalue weighted by molar-refractivity contribution is 5.48. The van der Waals surface area contributed by atoms with Crippen LogP contribution in [0.25, 0.3) is 5.69 Å². The molecule has 1 heterocycles. The maximum absolute atomic E-state index is 5.11. The van der Waals surface area contributed by atoms with Crippen LogP contribution in [-0.4, -0.2) is 22.1 Å². The van der Waals surface area contributed by atoms with Crippen molar-refractivity contribution in [3.8, 4) is 5.69 Å². The third-order valence-electron chi connectivity index (χ3n) is 3.38. The second kappa shape index (κ2) is 6.87. The molecule has 0 spiro atoms. The van der Waals surface area contributed by atoms with Gasteiger partial charge in [-0.3, -0.25) is 0 Å². The minimum absolute atomic E-state index is 0.650. The third-order valence-corrected chi connectivity index (χ3v) is 3.38. The summed E-state index contributed by atoms with van der Waals surface area (Å²) < 4.78 is 6.85. The molecule has 0 aliphatic rings. The van der Waals surface area contributed by atoms with Gasteiger partial charge in [0.2, 0.25) is 0 Å². The molecule has 1 aromatic heterocycles. The highest BCUT2D eigenvalue weighted by Crippen LogP contribution is 2.14. The van der Waals surface area contributed by atoms with Crippen molar-refractivity contribution in [3.63, 3.8) is 0 Å². The molecule has 1 N–H and O–H groups in total. The monoisotopic (exact) mass is 294 g/mol. The van der Waals surface area contributed by atoms with Crippen LogP contribution in [-0.2, 0) is 17.9 Å². The van der Waals surface area contributed by atoms with Gasteiger partial charge in [0, 0.05) is 19.3 Å². The summed E-state index contributed by atoms with van der Waals surface area (Å²) in [5, 5.41) is 11.2. The Bertz CT molecular complexity index is 691. The Kier molecular flexibility index (Phi) is 4.46.